The fourth-order valence-corrected chi connectivity index (χ4v) is 4.13. The van der Waals surface area contributed by atoms with Gasteiger partial charge in [-0.3, -0.25) is 0 Å². The summed E-state index contributed by atoms with van der Waals surface area (Å²) >= 11 is 12.0. The third-order valence-electron chi connectivity index (χ3n) is 3.89. The number of nitrogens with one attached hydrogen (secondary N) is 1. The van der Waals surface area contributed by atoms with E-state index in [1.165, 1.54) is 6.20 Å². The molecule has 0 aliphatic heterocycles. The Labute approximate surface area is 174 Å². The van der Waals surface area contributed by atoms with Crippen LogP contribution in [-0.2, 0) is 9.30 Å². The average molecular weight is 445 g/mol. The summed E-state index contributed by atoms with van der Waals surface area (Å²) in [5.41, 5.74) is 6.06. The standard InChI is InChI=1S/C18H23Cl2N4O3P/c1-18(2,3)14(27-17(21)25)10-6-7-12(13(8-10)28(4,5)26)23-15-11(19)9-22-16(20)24-15/h6-9,14H,1-5H3,(H2,21,25)(H,22,23,24). The van der Waals surface area contributed by atoms with Crippen LogP contribution in [0.2, 0.25) is 10.3 Å². The van der Waals surface area contributed by atoms with Crippen molar-refractivity contribution in [2.75, 3.05) is 18.6 Å². The first-order valence-electron chi connectivity index (χ1n) is 8.39. The number of primary amides is 1. The molecule has 0 saturated carbocycles. The van der Waals surface area contributed by atoms with E-state index >= 15 is 0 Å². The lowest BCUT2D eigenvalue weighted by atomic mass is 9.84. The molecular formula is C18H23Cl2N4O3P. The van der Waals surface area contributed by atoms with Crippen LogP contribution in [0.5, 0.6) is 0 Å². The Bertz CT molecular complexity index is 941. The minimum atomic E-state index is -2.73. The molecule has 10 heteroatoms. The molecule has 0 bridgehead atoms. The van der Waals surface area contributed by atoms with Crippen molar-refractivity contribution in [3.63, 3.8) is 0 Å². The van der Waals surface area contributed by atoms with Gasteiger partial charge in [-0.05, 0) is 42.6 Å². The number of benzene rings is 1. The summed E-state index contributed by atoms with van der Waals surface area (Å²) in [7, 11) is -2.73. The molecule has 2 rings (SSSR count). The molecule has 2 aromatic rings. The molecule has 7 nitrogen and oxygen atoms in total. The number of nitrogens with two attached hydrogens (primary N) is 1. The van der Waals surface area contributed by atoms with Crippen LogP contribution in [0.3, 0.4) is 0 Å². The quantitative estimate of drug-likeness (QED) is 0.498. The Balaban J connectivity index is 2.56. The van der Waals surface area contributed by atoms with Crippen LogP contribution < -0.4 is 16.4 Å². The molecule has 0 fully saturated rings. The molecule has 0 aliphatic rings. The fraction of sp³-hybridized carbons (Fsp3) is 0.389. The predicted molar refractivity (Wildman–Crippen MR) is 114 cm³/mol. The van der Waals surface area contributed by atoms with E-state index in [-0.39, 0.29) is 10.3 Å². The summed E-state index contributed by atoms with van der Waals surface area (Å²) < 4.78 is 18.3. The molecule has 1 amide bonds. The highest BCUT2D eigenvalue weighted by Gasteiger charge is 2.31. The van der Waals surface area contributed by atoms with Crippen molar-refractivity contribution in [2.24, 2.45) is 11.1 Å². The summed E-state index contributed by atoms with van der Waals surface area (Å²) in [6.45, 7) is 9.06. The lowest BCUT2D eigenvalue weighted by Crippen LogP contribution is -2.27. The molecule has 0 saturated heterocycles. The molecule has 28 heavy (non-hydrogen) atoms. The third kappa shape index (κ3) is 5.60. The van der Waals surface area contributed by atoms with Crippen LogP contribution in [0.15, 0.2) is 24.4 Å². The SMILES string of the molecule is CC(C)(C)C(OC(N)=O)c1ccc(Nc2nc(Cl)ncc2Cl)c(P(C)(C)=O)c1. The minimum Gasteiger partial charge on any atom is -0.441 e. The molecule has 152 valence electrons. The van der Waals surface area contributed by atoms with Crippen molar-refractivity contribution in [1.29, 1.82) is 0 Å². The molecule has 3 N–H and O–H groups in total. The number of halogens is 2. The molecule has 1 aromatic carbocycles. The second-order valence-corrected chi connectivity index (χ2v) is 11.7. The molecule has 1 atom stereocenters. The Morgan fingerprint density at radius 3 is 2.46 bits per heavy atom. The van der Waals surface area contributed by atoms with E-state index in [0.29, 0.717) is 22.4 Å². The number of aromatic nitrogens is 2. The normalized spacial score (nSPS) is 13.1. The van der Waals surface area contributed by atoms with Crippen molar-refractivity contribution in [3.8, 4) is 0 Å². The first-order chi connectivity index (χ1) is 12.8. The van der Waals surface area contributed by atoms with Crippen molar-refractivity contribution in [1.82, 2.24) is 9.97 Å². The first kappa shape index (κ1) is 22.5. The van der Waals surface area contributed by atoms with Gasteiger partial charge in [-0.15, -0.1) is 0 Å². The summed E-state index contributed by atoms with van der Waals surface area (Å²) in [4.78, 5) is 19.3. The number of hydrogen-bond donors (Lipinski definition) is 2. The number of ether oxygens (including phenoxy) is 1. The minimum absolute atomic E-state index is 0.0314. The van der Waals surface area contributed by atoms with Crippen molar-refractivity contribution >= 4 is 53.2 Å². The molecule has 1 heterocycles. The van der Waals surface area contributed by atoms with Crippen LogP contribution >= 0.6 is 30.3 Å². The molecule has 0 aliphatic carbocycles. The summed E-state index contributed by atoms with van der Waals surface area (Å²) in [5, 5.41) is 3.92. The number of carbonyl (C=O) groups excluding carboxylic acids is 1. The molecule has 1 aromatic heterocycles. The summed E-state index contributed by atoms with van der Waals surface area (Å²) in [6, 6.07) is 5.26. The molecular weight excluding hydrogens is 422 g/mol. The number of amides is 1. The first-order valence-corrected chi connectivity index (χ1v) is 11.8. The van der Waals surface area contributed by atoms with E-state index in [4.69, 9.17) is 33.7 Å². The van der Waals surface area contributed by atoms with Gasteiger partial charge in [0.25, 0.3) is 0 Å². The van der Waals surface area contributed by atoms with Crippen LogP contribution in [0, 0.1) is 5.41 Å². The van der Waals surface area contributed by atoms with E-state index in [2.05, 4.69) is 15.3 Å². The fourth-order valence-electron chi connectivity index (χ4n) is 2.68. The van der Waals surface area contributed by atoms with Crippen LogP contribution in [0.1, 0.15) is 32.4 Å². The van der Waals surface area contributed by atoms with Gasteiger partial charge in [-0.25, -0.2) is 9.78 Å². The predicted octanol–water partition coefficient (Wildman–Crippen LogP) is 4.96. The Kier molecular flexibility index (Phi) is 6.64. The highest BCUT2D eigenvalue weighted by Crippen LogP contribution is 2.42. The van der Waals surface area contributed by atoms with Crippen LogP contribution in [0.4, 0.5) is 16.3 Å². The lowest BCUT2D eigenvalue weighted by Gasteiger charge is -2.31. The van der Waals surface area contributed by atoms with Gasteiger partial charge in [0.05, 0.1) is 11.9 Å². The molecule has 0 spiro atoms. The summed E-state index contributed by atoms with van der Waals surface area (Å²) in [5.74, 6) is 0.296. The maximum Gasteiger partial charge on any atom is 0.405 e. The Morgan fingerprint density at radius 2 is 1.93 bits per heavy atom. The van der Waals surface area contributed by atoms with Gasteiger partial charge in [-0.2, -0.15) is 4.98 Å². The number of anilines is 2. The smallest absolute Gasteiger partial charge is 0.405 e. The van der Waals surface area contributed by atoms with Crippen molar-refractivity contribution < 1.29 is 14.1 Å². The number of hydrogen-bond acceptors (Lipinski definition) is 6. The monoisotopic (exact) mass is 444 g/mol. The number of nitrogens with zero attached hydrogens (tertiary/aromatic N) is 2. The zero-order valence-electron chi connectivity index (χ0n) is 16.3. The zero-order chi connectivity index (χ0) is 21.3. The van der Waals surface area contributed by atoms with Crippen molar-refractivity contribution in [3.05, 3.63) is 40.3 Å². The number of rotatable bonds is 5. The van der Waals surface area contributed by atoms with Crippen LogP contribution in [0.25, 0.3) is 0 Å². The molecule has 0 radical (unpaired) electrons. The Morgan fingerprint density at radius 1 is 1.29 bits per heavy atom. The Hall–Kier alpha value is -1.82. The van der Waals surface area contributed by atoms with Gasteiger partial charge >= 0.3 is 6.09 Å². The van der Waals surface area contributed by atoms with Gasteiger partial charge < -0.3 is 20.4 Å². The maximum absolute atomic E-state index is 13.0. The second-order valence-electron chi connectivity index (χ2n) is 7.77. The molecule has 1 unspecified atom stereocenters. The summed E-state index contributed by atoms with van der Waals surface area (Å²) in [6.07, 6.45) is -0.107. The van der Waals surface area contributed by atoms with E-state index in [9.17, 15) is 9.36 Å². The zero-order valence-corrected chi connectivity index (χ0v) is 18.7. The highest BCUT2D eigenvalue weighted by molar-refractivity contribution is 7.70. The maximum atomic E-state index is 13.0. The van der Waals surface area contributed by atoms with Crippen molar-refractivity contribution in [2.45, 2.75) is 26.9 Å². The van der Waals surface area contributed by atoms with Crippen LogP contribution in [-0.4, -0.2) is 29.4 Å². The third-order valence-corrected chi connectivity index (χ3v) is 5.88. The van der Waals surface area contributed by atoms with Gasteiger partial charge in [0.1, 0.15) is 18.3 Å². The topological polar surface area (TPSA) is 107 Å². The number of carbonyl (C=O) groups is 1. The second kappa shape index (κ2) is 8.27. The van der Waals surface area contributed by atoms with Gasteiger partial charge in [-0.1, -0.05) is 38.4 Å². The van der Waals surface area contributed by atoms with Gasteiger partial charge in [0, 0.05) is 10.7 Å². The van der Waals surface area contributed by atoms with Gasteiger partial charge in [0.15, 0.2) is 5.82 Å². The van der Waals surface area contributed by atoms with E-state index in [0.717, 1.165) is 0 Å². The van der Waals surface area contributed by atoms with E-state index in [1.807, 2.05) is 20.8 Å². The average Bonchev–Trinajstić information content (AvgIpc) is 2.54. The van der Waals surface area contributed by atoms with E-state index in [1.54, 1.807) is 31.5 Å². The largest absolute Gasteiger partial charge is 0.441 e. The lowest BCUT2D eigenvalue weighted by molar-refractivity contribution is 0.0360. The van der Waals surface area contributed by atoms with E-state index < -0.39 is 24.8 Å². The highest BCUT2D eigenvalue weighted by atomic mass is 35.5. The van der Waals surface area contributed by atoms with Gasteiger partial charge in [0.2, 0.25) is 5.28 Å².